The molecule has 0 spiro atoms. The molecule has 1 aromatic carbocycles. The van der Waals surface area contributed by atoms with Crippen LogP contribution < -0.4 is 10.2 Å². The van der Waals surface area contributed by atoms with E-state index in [1.807, 2.05) is 41.8 Å². The van der Waals surface area contributed by atoms with Crippen molar-refractivity contribution in [2.24, 2.45) is 0 Å². The summed E-state index contributed by atoms with van der Waals surface area (Å²) in [5.41, 5.74) is 0.853. The van der Waals surface area contributed by atoms with Crippen LogP contribution >= 0.6 is 23.1 Å². The minimum atomic E-state index is -1.13. The Labute approximate surface area is 143 Å². The number of hydrogen-bond donors (Lipinski definition) is 1. The largest absolute Gasteiger partial charge is 0.354 e. The molecule has 0 fully saturated rings. The monoisotopic (exact) mass is 346 g/mol. The van der Waals surface area contributed by atoms with E-state index in [4.69, 9.17) is 0 Å². The lowest BCUT2D eigenvalue weighted by molar-refractivity contribution is -0.131. The Morgan fingerprint density at radius 2 is 2.04 bits per heavy atom. The van der Waals surface area contributed by atoms with Gasteiger partial charge in [0.25, 0.3) is 5.91 Å². The number of para-hydroxylation sites is 1. The number of thioether (sulfide) groups is 1. The molecule has 0 bridgehead atoms. The lowest BCUT2D eigenvalue weighted by Crippen LogP contribution is -2.55. The highest BCUT2D eigenvalue weighted by molar-refractivity contribution is 8.02. The Morgan fingerprint density at radius 1 is 1.26 bits per heavy atom. The van der Waals surface area contributed by atoms with E-state index in [2.05, 4.69) is 5.32 Å². The number of hydrogen-bond acceptors (Lipinski definition) is 4. The summed E-state index contributed by atoms with van der Waals surface area (Å²) < 4.78 is -1.13. The number of thiophene rings is 1. The molecule has 1 N–H and O–H groups in total. The van der Waals surface area contributed by atoms with Gasteiger partial charge in [-0.15, -0.1) is 11.3 Å². The molecule has 120 valence electrons. The van der Waals surface area contributed by atoms with E-state index in [9.17, 15) is 9.59 Å². The van der Waals surface area contributed by atoms with E-state index in [1.165, 1.54) is 16.6 Å². The van der Waals surface area contributed by atoms with Gasteiger partial charge >= 0.3 is 0 Å². The maximum atomic E-state index is 12.7. The lowest BCUT2D eigenvalue weighted by atomic mass is 10.1. The lowest BCUT2D eigenvalue weighted by Gasteiger charge is -2.36. The van der Waals surface area contributed by atoms with Crippen molar-refractivity contribution in [2.45, 2.75) is 23.0 Å². The van der Waals surface area contributed by atoms with Gasteiger partial charge in [0, 0.05) is 23.4 Å². The molecule has 2 heterocycles. The van der Waals surface area contributed by atoms with E-state index < -0.39 is 4.75 Å². The minimum Gasteiger partial charge on any atom is -0.354 e. The fourth-order valence-corrected chi connectivity index (χ4v) is 4.57. The topological polar surface area (TPSA) is 49.4 Å². The van der Waals surface area contributed by atoms with Gasteiger partial charge in [0.1, 0.15) is 0 Å². The highest BCUT2D eigenvalue weighted by Gasteiger charge is 2.48. The highest BCUT2D eigenvalue weighted by Crippen LogP contribution is 2.44. The van der Waals surface area contributed by atoms with Crippen LogP contribution in [0.5, 0.6) is 0 Å². The molecule has 0 saturated heterocycles. The van der Waals surface area contributed by atoms with Gasteiger partial charge in [-0.25, -0.2) is 0 Å². The first-order valence-corrected chi connectivity index (χ1v) is 9.09. The SMILES string of the molecule is CN1C(=O)C(C)(C(=O)NCCc2cccs2)Sc2ccccc21. The number of nitrogens with zero attached hydrogens (tertiary/aromatic N) is 1. The zero-order valence-corrected chi connectivity index (χ0v) is 14.7. The van der Waals surface area contributed by atoms with Crippen LogP contribution in [-0.2, 0) is 16.0 Å². The summed E-state index contributed by atoms with van der Waals surface area (Å²) in [6, 6.07) is 11.7. The number of carbonyl (C=O) groups is 2. The Hall–Kier alpha value is -1.79. The second kappa shape index (κ2) is 6.37. The van der Waals surface area contributed by atoms with Crippen molar-refractivity contribution in [1.29, 1.82) is 0 Å². The van der Waals surface area contributed by atoms with Crippen LogP contribution in [0.2, 0.25) is 0 Å². The number of carbonyl (C=O) groups excluding carboxylic acids is 2. The smallest absolute Gasteiger partial charge is 0.252 e. The molecule has 0 radical (unpaired) electrons. The Morgan fingerprint density at radius 3 is 2.78 bits per heavy atom. The summed E-state index contributed by atoms with van der Waals surface area (Å²) in [5, 5.41) is 4.93. The maximum Gasteiger partial charge on any atom is 0.252 e. The Balaban J connectivity index is 1.73. The van der Waals surface area contributed by atoms with E-state index in [0.29, 0.717) is 6.54 Å². The van der Waals surface area contributed by atoms with Crippen LogP contribution in [0.15, 0.2) is 46.7 Å². The van der Waals surface area contributed by atoms with E-state index in [-0.39, 0.29) is 11.8 Å². The third-order valence-electron chi connectivity index (χ3n) is 3.92. The maximum absolute atomic E-state index is 12.7. The first-order chi connectivity index (χ1) is 11.0. The summed E-state index contributed by atoms with van der Waals surface area (Å²) in [5.74, 6) is -0.416. The summed E-state index contributed by atoms with van der Waals surface area (Å²) in [7, 11) is 1.72. The molecule has 0 aliphatic carbocycles. The molecule has 2 amide bonds. The van der Waals surface area contributed by atoms with Gasteiger partial charge in [-0.05, 0) is 36.9 Å². The summed E-state index contributed by atoms with van der Waals surface area (Å²) in [4.78, 5) is 29.1. The normalized spacial score (nSPS) is 20.3. The number of rotatable bonds is 4. The van der Waals surface area contributed by atoms with Gasteiger partial charge in [0.15, 0.2) is 4.75 Å². The quantitative estimate of drug-likeness (QED) is 0.866. The molecular formula is C17H18N2O2S2. The fourth-order valence-electron chi connectivity index (χ4n) is 2.58. The molecule has 0 saturated carbocycles. The van der Waals surface area contributed by atoms with E-state index >= 15 is 0 Å². The van der Waals surface area contributed by atoms with E-state index in [0.717, 1.165) is 17.0 Å². The van der Waals surface area contributed by atoms with Crippen molar-refractivity contribution in [2.75, 3.05) is 18.5 Å². The van der Waals surface area contributed by atoms with Gasteiger partial charge in [-0.2, -0.15) is 0 Å². The van der Waals surface area contributed by atoms with Crippen molar-refractivity contribution < 1.29 is 9.59 Å². The van der Waals surface area contributed by atoms with Gasteiger partial charge in [-0.1, -0.05) is 30.0 Å². The molecule has 6 heteroatoms. The highest BCUT2D eigenvalue weighted by atomic mass is 32.2. The fraction of sp³-hybridized carbons (Fsp3) is 0.294. The van der Waals surface area contributed by atoms with Crippen LogP contribution in [0, 0.1) is 0 Å². The Bertz CT molecular complexity index is 730. The van der Waals surface area contributed by atoms with Crippen molar-refractivity contribution in [3.05, 3.63) is 46.7 Å². The number of anilines is 1. The summed E-state index contributed by atoms with van der Waals surface area (Å²) in [6.45, 7) is 2.24. The zero-order valence-electron chi connectivity index (χ0n) is 13.0. The van der Waals surface area contributed by atoms with Crippen molar-refractivity contribution in [1.82, 2.24) is 5.32 Å². The average molecular weight is 346 g/mol. The number of fused-ring (bicyclic) bond motifs is 1. The second-order valence-electron chi connectivity index (χ2n) is 5.55. The molecule has 23 heavy (non-hydrogen) atoms. The molecule has 3 rings (SSSR count). The zero-order chi connectivity index (χ0) is 16.4. The molecule has 1 atom stereocenters. The molecule has 1 aliphatic rings. The third-order valence-corrected chi connectivity index (χ3v) is 6.19. The number of amides is 2. The molecular weight excluding hydrogens is 328 g/mol. The molecule has 1 aliphatic heterocycles. The second-order valence-corrected chi connectivity index (χ2v) is 8.05. The van der Waals surface area contributed by atoms with Gasteiger partial charge in [-0.3, -0.25) is 9.59 Å². The predicted molar refractivity (Wildman–Crippen MR) is 95.1 cm³/mol. The summed E-state index contributed by atoms with van der Waals surface area (Å²) >= 11 is 3.00. The van der Waals surface area contributed by atoms with Crippen LogP contribution in [0.1, 0.15) is 11.8 Å². The van der Waals surface area contributed by atoms with Gasteiger partial charge < -0.3 is 10.2 Å². The van der Waals surface area contributed by atoms with E-state index in [1.54, 1.807) is 30.2 Å². The molecule has 1 unspecified atom stereocenters. The Kier molecular flexibility index (Phi) is 4.46. The predicted octanol–water partition coefficient (Wildman–Crippen LogP) is 2.93. The van der Waals surface area contributed by atoms with Crippen LogP contribution in [0.3, 0.4) is 0 Å². The first kappa shape index (κ1) is 16.1. The van der Waals surface area contributed by atoms with Crippen molar-refractivity contribution >= 4 is 40.6 Å². The molecule has 4 nitrogen and oxygen atoms in total. The average Bonchev–Trinajstić information content (AvgIpc) is 3.06. The van der Waals surface area contributed by atoms with Crippen LogP contribution in [0.4, 0.5) is 5.69 Å². The van der Waals surface area contributed by atoms with Gasteiger partial charge in [0.05, 0.1) is 5.69 Å². The van der Waals surface area contributed by atoms with Gasteiger partial charge in [0.2, 0.25) is 5.91 Å². The minimum absolute atomic E-state index is 0.185. The molecule has 1 aromatic heterocycles. The summed E-state index contributed by atoms with van der Waals surface area (Å²) in [6.07, 6.45) is 0.783. The third kappa shape index (κ3) is 3.01. The standard InChI is InChI=1S/C17H18N2O2S2/c1-17(15(20)18-10-9-12-6-5-11-22-12)16(21)19(2)13-7-3-4-8-14(13)23-17/h3-8,11H,9-10H2,1-2H3,(H,18,20). The van der Waals surface area contributed by atoms with Crippen molar-refractivity contribution in [3.8, 4) is 0 Å². The number of benzene rings is 1. The number of nitrogens with one attached hydrogen (secondary N) is 1. The van der Waals surface area contributed by atoms with Crippen molar-refractivity contribution in [3.63, 3.8) is 0 Å². The van der Waals surface area contributed by atoms with Crippen LogP contribution in [-0.4, -0.2) is 30.2 Å². The van der Waals surface area contributed by atoms with Crippen LogP contribution in [0.25, 0.3) is 0 Å². The first-order valence-electron chi connectivity index (χ1n) is 7.39. The molecule has 2 aromatic rings.